The number of rotatable bonds is 6. The third-order valence-electron chi connectivity index (χ3n) is 5.01. The van der Waals surface area contributed by atoms with E-state index in [1.807, 2.05) is 23.6 Å². The first kappa shape index (κ1) is 19.1. The maximum absolute atomic E-state index is 11.4. The topological polar surface area (TPSA) is 111 Å². The normalized spacial score (nSPS) is 21.4. The van der Waals surface area contributed by atoms with Crippen LogP contribution in [-0.2, 0) is 20.8 Å². The predicted molar refractivity (Wildman–Crippen MR) is 105 cm³/mol. The van der Waals surface area contributed by atoms with Gasteiger partial charge in [0.25, 0.3) is 0 Å². The predicted octanol–water partition coefficient (Wildman–Crippen LogP) is 2.77. The molecule has 29 heavy (non-hydrogen) atoms. The van der Waals surface area contributed by atoms with Crippen molar-refractivity contribution in [2.24, 2.45) is 0 Å². The highest BCUT2D eigenvalue weighted by molar-refractivity contribution is 5.82. The summed E-state index contributed by atoms with van der Waals surface area (Å²) in [6.45, 7) is 3.80. The van der Waals surface area contributed by atoms with Crippen molar-refractivity contribution in [1.29, 1.82) is 0 Å². The molecule has 3 heterocycles. The zero-order valence-electron chi connectivity index (χ0n) is 16.3. The summed E-state index contributed by atoms with van der Waals surface area (Å²) >= 11 is 0. The molecule has 9 nitrogen and oxygen atoms in total. The van der Waals surface area contributed by atoms with Gasteiger partial charge in [0.1, 0.15) is 24.4 Å². The number of nitrogens with zero attached hydrogens (tertiary/aromatic N) is 4. The van der Waals surface area contributed by atoms with E-state index in [-0.39, 0.29) is 30.2 Å². The highest BCUT2D eigenvalue weighted by atomic mass is 16.6. The van der Waals surface area contributed by atoms with Gasteiger partial charge < -0.3 is 19.9 Å². The number of phenols is 1. The first-order valence-corrected chi connectivity index (χ1v) is 9.57. The summed E-state index contributed by atoms with van der Waals surface area (Å²) in [5, 5.41) is 13.1. The van der Waals surface area contributed by atoms with E-state index in [0.29, 0.717) is 29.9 Å². The van der Waals surface area contributed by atoms with Gasteiger partial charge in [-0.15, -0.1) is 0 Å². The van der Waals surface area contributed by atoms with Crippen molar-refractivity contribution in [1.82, 2.24) is 19.5 Å². The molecule has 2 N–H and O–H groups in total. The Kier molecular flexibility index (Phi) is 5.30. The van der Waals surface area contributed by atoms with Gasteiger partial charge in [-0.05, 0) is 12.5 Å². The van der Waals surface area contributed by atoms with Crippen LogP contribution in [-0.4, -0.2) is 42.8 Å². The van der Waals surface area contributed by atoms with E-state index in [9.17, 15) is 9.90 Å². The molecule has 0 saturated carbocycles. The minimum atomic E-state index is -0.324. The molecule has 0 spiro atoms. The second kappa shape index (κ2) is 8.04. The molecule has 0 radical (unpaired) electrons. The maximum atomic E-state index is 11.4. The number of fused-ring (bicyclic) bond motifs is 1. The second-order valence-corrected chi connectivity index (χ2v) is 6.95. The number of carbonyl (C=O) groups excluding carboxylic acids is 1. The van der Waals surface area contributed by atoms with Crippen LogP contribution in [0.4, 0.5) is 5.82 Å². The number of phenolic OH excluding ortho intramolecular Hbond substituents is 1. The molecular formula is C20H23N5O4. The van der Waals surface area contributed by atoms with E-state index >= 15 is 0 Å². The van der Waals surface area contributed by atoms with Crippen LogP contribution in [0.25, 0.3) is 11.2 Å². The fourth-order valence-electron chi connectivity index (χ4n) is 3.60. The third-order valence-corrected chi connectivity index (χ3v) is 5.01. The van der Waals surface area contributed by atoms with E-state index in [1.165, 1.54) is 13.3 Å². The Morgan fingerprint density at radius 3 is 2.93 bits per heavy atom. The zero-order valence-corrected chi connectivity index (χ0v) is 16.3. The van der Waals surface area contributed by atoms with Gasteiger partial charge in [-0.1, -0.05) is 25.1 Å². The summed E-state index contributed by atoms with van der Waals surface area (Å²) < 4.78 is 13.3. The average molecular weight is 397 g/mol. The smallest absolute Gasteiger partial charge is 0.302 e. The Morgan fingerprint density at radius 1 is 1.34 bits per heavy atom. The molecule has 9 heteroatoms. The van der Waals surface area contributed by atoms with E-state index < -0.39 is 0 Å². The van der Waals surface area contributed by atoms with Gasteiger partial charge in [0, 0.05) is 25.5 Å². The van der Waals surface area contributed by atoms with Gasteiger partial charge in [0.2, 0.25) is 0 Å². The number of benzene rings is 1. The highest BCUT2D eigenvalue weighted by Crippen LogP contribution is 2.34. The summed E-state index contributed by atoms with van der Waals surface area (Å²) in [5.41, 5.74) is 1.99. The van der Waals surface area contributed by atoms with Crippen molar-refractivity contribution in [2.75, 3.05) is 5.32 Å². The van der Waals surface area contributed by atoms with Gasteiger partial charge in [0.15, 0.2) is 17.0 Å². The molecule has 4 rings (SSSR count). The van der Waals surface area contributed by atoms with Crippen LogP contribution in [0.5, 0.6) is 5.75 Å². The molecule has 1 fully saturated rings. The van der Waals surface area contributed by atoms with E-state index in [2.05, 4.69) is 20.3 Å². The fraction of sp³-hybridized carbons (Fsp3) is 0.400. The summed E-state index contributed by atoms with van der Waals surface area (Å²) in [5.74, 6) is 0.474. The number of ether oxygens (including phenoxy) is 2. The molecule has 2 aromatic heterocycles. The number of aromatic nitrogens is 4. The minimum Gasteiger partial charge on any atom is -0.508 e. The SMILES string of the molecule is CC[C@H]1O[C@@H](n2cnc3c(NCc4ccccc4O)ncnc32)C[C@H]1OC(C)=O. The zero-order chi connectivity index (χ0) is 20.4. The summed E-state index contributed by atoms with van der Waals surface area (Å²) in [6, 6.07) is 7.12. The molecule has 0 bridgehead atoms. The van der Waals surface area contributed by atoms with Gasteiger partial charge in [-0.3, -0.25) is 9.36 Å². The number of aromatic hydroxyl groups is 1. The van der Waals surface area contributed by atoms with Crippen molar-refractivity contribution < 1.29 is 19.4 Å². The lowest BCUT2D eigenvalue weighted by atomic mass is 10.1. The molecule has 1 aliphatic rings. The van der Waals surface area contributed by atoms with Gasteiger partial charge in [-0.2, -0.15) is 0 Å². The van der Waals surface area contributed by atoms with Crippen LogP contribution in [0, 0.1) is 0 Å². The number of carbonyl (C=O) groups is 1. The average Bonchev–Trinajstić information content (AvgIpc) is 3.31. The third kappa shape index (κ3) is 3.86. The molecule has 3 atom stereocenters. The number of hydrogen-bond donors (Lipinski definition) is 2. The van der Waals surface area contributed by atoms with Crippen molar-refractivity contribution in [3.8, 4) is 5.75 Å². The van der Waals surface area contributed by atoms with Crippen molar-refractivity contribution in [2.45, 2.75) is 51.7 Å². The van der Waals surface area contributed by atoms with Crippen LogP contribution in [0.3, 0.4) is 0 Å². The van der Waals surface area contributed by atoms with Crippen LogP contribution in [0.2, 0.25) is 0 Å². The quantitative estimate of drug-likeness (QED) is 0.611. The van der Waals surface area contributed by atoms with Crippen LogP contribution < -0.4 is 5.32 Å². The second-order valence-electron chi connectivity index (χ2n) is 6.95. The van der Waals surface area contributed by atoms with Gasteiger partial charge in [0.05, 0.1) is 12.4 Å². The lowest BCUT2D eigenvalue weighted by molar-refractivity contribution is -0.149. The molecule has 152 valence electrons. The maximum Gasteiger partial charge on any atom is 0.302 e. The minimum absolute atomic E-state index is 0.165. The van der Waals surface area contributed by atoms with Crippen molar-refractivity contribution >= 4 is 23.0 Å². The van der Waals surface area contributed by atoms with Crippen molar-refractivity contribution in [3.63, 3.8) is 0 Å². The number of imidazole rings is 1. The fourth-order valence-corrected chi connectivity index (χ4v) is 3.60. The highest BCUT2D eigenvalue weighted by Gasteiger charge is 2.38. The molecule has 1 aliphatic heterocycles. The molecule has 0 aliphatic carbocycles. The molecule has 0 amide bonds. The summed E-state index contributed by atoms with van der Waals surface area (Å²) in [4.78, 5) is 24.5. The Morgan fingerprint density at radius 2 is 2.17 bits per heavy atom. The van der Waals surface area contributed by atoms with Crippen LogP contribution in [0.1, 0.15) is 38.5 Å². The number of esters is 1. The molecule has 3 aromatic rings. The Balaban J connectivity index is 1.56. The van der Waals surface area contributed by atoms with E-state index in [0.717, 1.165) is 12.0 Å². The largest absolute Gasteiger partial charge is 0.508 e. The number of nitrogens with one attached hydrogen (secondary N) is 1. The summed E-state index contributed by atoms with van der Waals surface area (Å²) in [6.07, 6.45) is 3.62. The number of para-hydroxylation sites is 1. The van der Waals surface area contributed by atoms with Gasteiger partial charge >= 0.3 is 5.97 Å². The molecule has 1 saturated heterocycles. The first-order chi connectivity index (χ1) is 14.1. The lowest BCUT2D eigenvalue weighted by Gasteiger charge is -2.15. The van der Waals surface area contributed by atoms with Crippen LogP contribution >= 0.6 is 0 Å². The monoisotopic (exact) mass is 397 g/mol. The van der Waals surface area contributed by atoms with E-state index in [4.69, 9.17) is 9.47 Å². The number of anilines is 1. The first-order valence-electron chi connectivity index (χ1n) is 9.57. The van der Waals surface area contributed by atoms with Gasteiger partial charge in [-0.25, -0.2) is 15.0 Å². The molecular weight excluding hydrogens is 374 g/mol. The number of hydrogen-bond acceptors (Lipinski definition) is 8. The Labute approximate surface area is 167 Å². The molecule has 1 aromatic carbocycles. The Hall–Kier alpha value is -3.20. The Bertz CT molecular complexity index is 1020. The van der Waals surface area contributed by atoms with E-state index in [1.54, 1.807) is 18.5 Å². The lowest BCUT2D eigenvalue weighted by Crippen LogP contribution is -2.25. The standard InChI is InChI=1S/C20H23N5O4/c1-3-15-16(28-12(2)26)8-17(29-15)25-11-24-18-19(22-10-23-20(18)25)21-9-13-6-4-5-7-14(13)27/h4-7,10-11,15-17,27H,3,8-9H2,1-2H3,(H,21,22,23)/t15-,16-,17-/m1/s1. The summed E-state index contributed by atoms with van der Waals surface area (Å²) in [7, 11) is 0. The van der Waals surface area contributed by atoms with Crippen LogP contribution in [0.15, 0.2) is 36.9 Å². The molecule has 0 unspecified atom stereocenters. The van der Waals surface area contributed by atoms with Crippen molar-refractivity contribution in [3.05, 3.63) is 42.5 Å².